The fourth-order valence-electron chi connectivity index (χ4n) is 2.83. The van der Waals surface area contributed by atoms with E-state index in [1.807, 2.05) is 0 Å². The molecular formula is C18H19F3NO5P. The molecule has 6 nitrogen and oxygen atoms in total. The fraction of sp³-hybridized carbons (Fsp3) is 0.333. The van der Waals surface area contributed by atoms with Crippen LogP contribution in [0.25, 0.3) is 0 Å². The van der Waals surface area contributed by atoms with E-state index in [-0.39, 0.29) is 24.3 Å². The normalized spacial score (nSPS) is 13.3. The van der Waals surface area contributed by atoms with Crippen LogP contribution in [0, 0.1) is 10.1 Å². The van der Waals surface area contributed by atoms with Gasteiger partial charge in [-0.3, -0.25) is 14.7 Å². The summed E-state index contributed by atoms with van der Waals surface area (Å²) < 4.78 is 63.9. The van der Waals surface area contributed by atoms with Crippen molar-refractivity contribution in [2.75, 3.05) is 13.2 Å². The van der Waals surface area contributed by atoms with Gasteiger partial charge in [0.25, 0.3) is 5.69 Å². The van der Waals surface area contributed by atoms with Gasteiger partial charge in [0.1, 0.15) is 5.66 Å². The van der Waals surface area contributed by atoms with Crippen LogP contribution in [-0.2, 0) is 19.8 Å². The maximum Gasteiger partial charge on any atom is 0.416 e. The smallest absolute Gasteiger partial charge is 0.308 e. The average molecular weight is 417 g/mol. The van der Waals surface area contributed by atoms with Crippen molar-refractivity contribution in [1.82, 2.24) is 0 Å². The van der Waals surface area contributed by atoms with Crippen molar-refractivity contribution >= 4 is 13.3 Å². The lowest BCUT2D eigenvalue weighted by molar-refractivity contribution is -0.385. The van der Waals surface area contributed by atoms with E-state index < -0.39 is 35.6 Å². The summed E-state index contributed by atoms with van der Waals surface area (Å²) in [7, 11) is -4.08. The van der Waals surface area contributed by atoms with Gasteiger partial charge in [-0.05, 0) is 31.5 Å². The standard InChI is InChI=1S/C18H19F3NO5P/c1-3-26-28(25,27-4-2)17(13-8-6-5-7-9-13)15-12-14(18(19,20)21)10-11-16(15)22(23)24/h5-12,17H,3-4H2,1-2H3. The van der Waals surface area contributed by atoms with Crippen molar-refractivity contribution in [3.63, 3.8) is 0 Å². The molecule has 2 aromatic rings. The lowest BCUT2D eigenvalue weighted by Crippen LogP contribution is -2.13. The Morgan fingerprint density at radius 2 is 1.64 bits per heavy atom. The third kappa shape index (κ3) is 4.79. The van der Waals surface area contributed by atoms with E-state index >= 15 is 0 Å². The highest BCUT2D eigenvalue weighted by Gasteiger charge is 2.43. The summed E-state index contributed by atoms with van der Waals surface area (Å²) in [6.07, 6.45) is -4.73. The summed E-state index contributed by atoms with van der Waals surface area (Å²) in [4.78, 5) is 10.7. The van der Waals surface area contributed by atoms with E-state index in [0.717, 1.165) is 6.07 Å². The maximum absolute atomic E-state index is 13.5. The van der Waals surface area contributed by atoms with Crippen LogP contribution in [0.3, 0.4) is 0 Å². The Labute approximate surface area is 160 Å². The lowest BCUT2D eigenvalue weighted by atomic mass is 10.00. The van der Waals surface area contributed by atoms with Crippen LogP contribution in [0.1, 0.15) is 36.2 Å². The van der Waals surface area contributed by atoms with Gasteiger partial charge in [0.05, 0.1) is 29.3 Å². The van der Waals surface area contributed by atoms with Gasteiger partial charge in [0.15, 0.2) is 0 Å². The van der Waals surface area contributed by atoms with E-state index in [9.17, 15) is 27.9 Å². The molecule has 0 aromatic heterocycles. The molecule has 0 spiro atoms. The Balaban J connectivity index is 2.83. The van der Waals surface area contributed by atoms with Crippen LogP contribution in [-0.4, -0.2) is 18.1 Å². The number of benzene rings is 2. The van der Waals surface area contributed by atoms with E-state index in [2.05, 4.69) is 0 Å². The zero-order valence-corrected chi connectivity index (χ0v) is 16.1. The van der Waals surface area contributed by atoms with E-state index in [1.165, 1.54) is 12.1 Å². The Morgan fingerprint density at radius 3 is 2.11 bits per heavy atom. The second-order valence-corrected chi connectivity index (χ2v) is 7.83. The first-order valence-electron chi connectivity index (χ1n) is 8.43. The monoisotopic (exact) mass is 417 g/mol. The molecule has 0 heterocycles. The molecule has 0 N–H and O–H groups in total. The first kappa shape index (κ1) is 22.1. The van der Waals surface area contributed by atoms with Crippen molar-refractivity contribution in [1.29, 1.82) is 0 Å². The average Bonchev–Trinajstić information content (AvgIpc) is 2.62. The van der Waals surface area contributed by atoms with Crippen molar-refractivity contribution < 1.29 is 31.7 Å². The Hall–Kier alpha value is -2.22. The molecule has 0 aliphatic heterocycles. The number of halogens is 3. The minimum Gasteiger partial charge on any atom is -0.308 e. The number of alkyl halides is 3. The van der Waals surface area contributed by atoms with Gasteiger partial charge >= 0.3 is 13.8 Å². The molecule has 2 aromatic carbocycles. The first-order valence-corrected chi connectivity index (χ1v) is 10.0. The largest absolute Gasteiger partial charge is 0.416 e. The molecule has 0 radical (unpaired) electrons. The molecule has 0 saturated carbocycles. The molecule has 0 amide bonds. The number of hydrogen-bond acceptors (Lipinski definition) is 5. The summed E-state index contributed by atoms with van der Waals surface area (Å²) in [6.45, 7) is 3.00. The van der Waals surface area contributed by atoms with Crippen LogP contribution >= 0.6 is 7.60 Å². The SMILES string of the molecule is CCOP(=O)(OCC)C(c1ccccc1)c1cc(C(F)(F)F)ccc1[N+](=O)[O-]. The van der Waals surface area contributed by atoms with Gasteiger partial charge in [0.2, 0.25) is 0 Å². The minimum absolute atomic E-state index is 0.0482. The van der Waals surface area contributed by atoms with E-state index in [0.29, 0.717) is 12.1 Å². The van der Waals surface area contributed by atoms with Gasteiger partial charge in [0, 0.05) is 6.07 Å². The number of rotatable bonds is 8. The Morgan fingerprint density at radius 1 is 1.07 bits per heavy atom. The van der Waals surface area contributed by atoms with Gasteiger partial charge in [-0.15, -0.1) is 0 Å². The quantitative estimate of drug-likeness (QED) is 0.300. The lowest BCUT2D eigenvalue weighted by Gasteiger charge is -2.27. The van der Waals surface area contributed by atoms with E-state index in [4.69, 9.17) is 9.05 Å². The zero-order valence-electron chi connectivity index (χ0n) is 15.2. The number of nitro groups is 1. The molecule has 1 unspecified atom stereocenters. The van der Waals surface area contributed by atoms with Gasteiger partial charge in [-0.1, -0.05) is 30.3 Å². The second kappa shape index (κ2) is 8.86. The van der Waals surface area contributed by atoms with Gasteiger partial charge < -0.3 is 9.05 Å². The summed E-state index contributed by atoms with van der Waals surface area (Å²) >= 11 is 0. The molecule has 1 atom stereocenters. The number of nitrogens with zero attached hydrogens (tertiary/aromatic N) is 1. The third-order valence-corrected chi connectivity index (χ3v) is 6.34. The Kier molecular flexibility index (Phi) is 6.98. The first-order chi connectivity index (χ1) is 13.1. The summed E-state index contributed by atoms with van der Waals surface area (Å²) in [5, 5.41) is 11.5. The van der Waals surface area contributed by atoms with Gasteiger partial charge in [-0.25, -0.2) is 0 Å². The third-order valence-electron chi connectivity index (χ3n) is 3.90. The molecule has 10 heteroatoms. The summed E-state index contributed by atoms with van der Waals surface area (Å²) in [6, 6.07) is 9.88. The molecule has 0 saturated heterocycles. The minimum atomic E-state index is -4.73. The van der Waals surface area contributed by atoms with Crippen molar-refractivity contribution in [2.45, 2.75) is 25.7 Å². The van der Waals surface area contributed by atoms with Crippen LogP contribution in [0.2, 0.25) is 0 Å². The molecule has 0 aliphatic rings. The Bertz CT molecular complexity index is 863. The van der Waals surface area contributed by atoms with Crippen LogP contribution in [0.4, 0.5) is 18.9 Å². The molecular weight excluding hydrogens is 398 g/mol. The molecule has 0 aliphatic carbocycles. The molecule has 0 bridgehead atoms. The highest BCUT2D eigenvalue weighted by Crippen LogP contribution is 2.64. The highest BCUT2D eigenvalue weighted by molar-refractivity contribution is 7.54. The number of hydrogen-bond donors (Lipinski definition) is 0. The second-order valence-electron chi connectivity index (χ2n) is 5.72. The highest BCUT2D eigenvalue weighted by atomic mass is 31.2. The summed E-state index contributed by atoms with van der Waals surface area (Å²) in [5.41, 5.74) is -3.17. The summed E-state index contributed by atoms with van der Waals surface area (Å²) in [5.74, 6) is 0. The van der Waals surface area contributed by atoms with Crippen molar-refractivity contribution in [2.24, 2.45) is 0 Å². The predicted octanol–water partition coefficient (Wildman–Crippen LogP) is 5.97. The van der Waals surface area contributed by atoms with Crippen molar-refractivity contribution in [3.8, 4) is 0 Å². The number of nitro benzene ring substituents is 1. The van der Waals surface area contributed by atoms with Gasteiger partial charge in [-0.2, -0.15) is 13.2 Å². The molecule has 152 valence electrons. The van der Waals surface area contributed by atoms with Crippen molar-refractivity contribution in [3.05, 3.63) is 75.3 Å². The topological polar surface area (TPSA) is 78.7 Å². The fourth-order valence-corrected chi connectivity index (χ4v) is 5.01. The zero-order chi connectivity index (χ0) is 20.9. The maximum atomic E-state index is 13.5. The molecule has 2 rings (SSSR count). The van der Waals surface area contributed by atoms with Crippen LogP contribution in [0.15, 0.2) is 48.5 Å². The molecule has 0 fully saturated rings. The van der Waals surface area contributed by atoms with E-state index in [1.54, 1.807) is 32.0 Å². The van der Waals surface area contributed by atoms with Crippen LogP contribution in [0.5, 0.6) is 0 Å². The predicted molar refractivity (Wildman–Crippen MR) is 97.2 cm³/mol. The molecule has 28 heavy (non-hydrogen) atoms. The van der Waals surface area contributed by atoms with Crippen LogP contribution < -0.4 is 0 Å².